The molecular weight excluding hydrogens is 300 g/mol. The molecular formula is C14H16Cl2FN3. The van der Waals surface area contributed by atoms with E-state index in [1.807, 2.05) is 23.9 Å². The van der Waals surface area contributed by atoms with Gasteiger partial charge in [0.15, 0.2) is 0 Å². The molecule has 6 heteroatoms. The second-order valence-electron chi connectivity index (χ2n) is 4.59. The molecule has 2 rings (SSSR count). The van der Waals surface area contributed by atoms with Crippen molar-refractivity contribution in [3.63, 3.8) is 0 Å². The fourth-order valence-corrected chi connectivity index (χ4v) is 2.52. The molecule has 3 nitrogen and oxygen atoms in total. The SMILES string of the molecule is CC(NCCCn1cccn1)c1cc(F)c(Cl)cc1Cl. The van der Waals surface area contributed by atoms with Gasteiger partial charge in [0.1, 0.15) is 5.82 Å². The summed E-state index contributed by atoms with van der Waals surface area (Å²) in [6.45, 7) is 3.58. The molecule has 1 aromatic heterocycles. The zero-order chi connectivity index (χ0) is 14.5. The molecule has 0 amide bonds. The quantitative estimate of drug-likeness (QED) is 0.643. The molecule has 108 valence electrons. The average molecular weight is 316 g/mol. The predicted molar refractivity (Wildman–Crippen MR) is 79.7 cm³/mol. The van der Waals surface area contributed by atoms with Crippen LogP contribution in [0.25, 0.3) is 0 Å². The van der Waals surface area contributed by atoms with Crippen LogP contribution in [0.2, 0.25) is 10.0 Å². The highest BCUT2D eigenvalue weighted by Gasteiger charge is 2.12. The van der Waals surface area contributed by atoms with Gasteiger partial charge >= 0.3 is 0 Å². The minimum absolute atomic E-state index is 0.0353. The number of aryl methyl sites for hydroxylation is 1. The normalized spacial score (nSPS) is 12.6. The van der Waals surface area contributed by atoms with Crippen LogP contribution in [0.1, 0.15) is 24.9 Å². The minimum Gasteiger partial charge on any atom is -0.310 e. The zero-order valence-electron chi connectivity index (χ0n) is 11.1. The maximum Gasteiger partial charge on any atom is 0.142 e. The van der Waals surface area contributed by atoms with E-state index in [9.17, 15) is 4.39 Å². The van der Waals surface area contributed by atoms with Gasteiger partial charge in [0.2, 0.25) is 0 Å². The molecule has 0 fully saturated rings. The molecule has 0 saturated heterocycles. The molecule has 0 aliphatic heterocycles. The van der Waals surface area contributed by atoms with Crippen LogP contribution in [0.5, 0.6) is 0 Å². The topological polar surface area (TPSA) is 29.9 Å². The number of nitrogens with zero attached hydrogens (tertiary/aromatic N) is 2. The summed E-state index contributed by atoms with van der Waals surface area (Å²) in [5.41, 5.74) is 0.715. The van der Waals surface area contributed by atoms with Gasteiger partial charge in [-0.2, -0.15) is 5.10 Å². The Morgan fingerprint density at radius 1 is 1.35 bits per heavy atom. The molecule has 2 aromatic rings. The van der Waals surface area contributed by atoms with E-state index >= 15 is 0 Å². The van der Waals surface area contributed by atoms with Gasteiger partial charge < -0.3 is 5.32 Å². The summed E-state index contributed by atoms with van der Waals surface area (Å²) in [7, 11) is 0. The van der Waals surface area contributed by atoms with Gasteiger partial charge in [-0.1, -0.05) is 23.2 Å². The summed E-state index contributed by atoms with van der Waals surface area (Å²) < 4.78 is 15.3. The number of benzene rings is 1. The molecule has 0 radical (unpaired) electrons. The lowest BCUT2D eigenvalue weighted by atomic mass is 10.1. The molecule has 1 unspecified atom stereocenters. The van der Waals surface area contributed by atoms with Crippen molar-refractivity contribution < 1.29 is 4.39 Å². The van der Waals surface area contributed by atoms with Gasteiger partial charge in [-0.05, 0) is 43.7 Å². The van der Waals surface area contributed by atoms with Crippen LogP contribution in [0.3, 0.4) is 0 Å². The molecule has 0 aliphatic rings. The number of hydrogen-bond acceptors (Lipinski definition) is 2. The van der Waals surface area contributed by atoms with Crippen LogP contribution in [0, 0.1) is 5.82 Å². The van der Waals surface area contributed by atoms with E-state index in [0.717, 1.165) is 19.5 Å². The van der Waals surface area contributed by atoms with Crippen molar-refractivity contribution in [2.24, 2.45) is 0 Å². The third-order valence-corrected chi connectivity index (χ3v) is 3.70. The Labute approximate surface area is 127 Å². The lowest BCUT2D eigenvalue weighted by molar-refractivity contribution is 0.505. The number of nitrogens with one attached hydrogen (secondary N) is 1. The van der Waals surface area contributed by atoms with Gasteiger partial charge in [0, 0.05) is 30.0 Å². The second-order valence-corrected chi connectivity index (χ2v) is 5.40. The van der Waals surface area contributed by atoms with Crippen molar-refractivity contribution in [1.82, 2.24) is 15.1 Å². The van der Waals surface area contributed by atoms with Crippen molar-refractivity contribution in [3.05, 3.63) is 52.0 Å². The Kier molecular flexibility index (Phi) is 5.40. The van der Waals surface area contributed by atoms with Crippen molar-refractivity contribution in [3.8, 4) is 0 Å². The summed E-state index contributed by atoms with van der Waals surface area (Å²) in [6, 6.07) is 4.68. The smallest absolute Gasteiger partial charge is 0.142 e. The van der Waals surface area contributed by atoms with E-state index in [1.54, 1.807) is 6.20 Å². The fourth-order valence-electron chi connectivity index (χ4n) is 1.97. The number of aromatic nitrogens is 2. The highest BCUT2D eigenvalue weighted by Crippen LogP contribution is 2.28. The summed E-state index contributed by atoms with van der Waals surface area (Å²) in [5, 5.41) is 7.96. The standard InChI is InChI=1S/C14H16Cl2FN3/c1-10(11-8-14(17)13(16)9-12(11)15)18-4-2-6-20-7-3-5-19-20/h3,5,7-10,18H,2,4,6H2,1H3. The lowest BCUT2D eigenvalue weighted by Crippen LogP contribution is -2.21. The van der Waals surface area contributed by atoms with Gasteiger partial charge in [0.05, 0.1) is 5.02 Å². The van der Waals surface area contributed by atoms with Gasteiger partial charge in [0.25, 0.3) is 0 Å². The first kappa shape index (κ1) is 15.3. The molecule has 1 atom stereocenters. The third kappa shape index (κ3) is 3.95. The van der Waals surface area contributed by atoms with Gasteiger partial charge in [-0.15, -0.1) is 0 Å². The maximum absolute atomic E-state index is 13.5. The molecule has 0 bridgehead atoms. The Morgan fingerprint density at radius 3 is 2.85 bits per heavy atom. The van der Waals surface area contributed by atoms with Crippen molar-refractivity contribution in [1.29, 1.82) is 0 Å². The van der Waals surface area contributed by atoms with Crippen molar-refractivity contribution in [2.45, 2.75) is 25.9 Å². The van der Waals surface area contributed by atoms with Crippen LogP contribution in [0.4, 0.5) is 4.39 Å². The number of halogens is 3. The Morgan fingerprint density at radius 2 is 2.15 bits per heavy atom. The van der Waals surface area contributed by atoms with Crippen LogP contribution in [0.15, 0.2) is 30.6 Å². The molecule has 20 heavy (non-hydrogen) atoms. The molecule has 1 N–H and O–H groups in total. The van der Waals surface area contributed by atoms with E-state index in [0.29, 0.717) is 10.6 Å². The molecule has 0 saturated carbocycles. The fraction of sp³-hybridized carbons (Fsp3) is 0.357. The highest BCUT2D eigenvalue weighted by atomic mass is 35.5. The molecule has 0 spiro atoms. The third-order valence-electron chi connectivity index (χ3n) is 3.08. The summed E-state index contributed by atoms with van der Waals surface area (Å²) in [6.07, 6.45) is 4.61. The monoisotopic (exact) mass is 315 g/mol. The summed E-state index contributed by atoms with van der Waals surface area (Å²) in [5.74, 6) is -0.448. The summed E-state index contributed by atoms with van der Waals surface area (Å²) in [4.78, 5) is 0. The van der Waals surface area contributed by atoms with Crippen LogP contribution >= 0.6 is 23.2 Å². The van der Waals surface area contributed by atoms with E-state index in [1.165, 1.54) is 12.1 Å². The largest absolute Gasteiger partial charge is 0.310 e. The highest BCUT2D eigenvalue weighted by molar-refractivity contribution is 6.35. The number of hydrogen-bond donors (Lipinski definition) is 1. The first-order valence-electron chi connectivity index (χ1n) is 6.43. The van der Waals surface area contributed by atoms with Crippen LogP contribution < -0.4 is 5.32 Å². The van der Waals surface area contributed by atoms with Crippen LogP contribution in [-0.2, 0) is 6.54 Å². The number of rotatable bonds is 6. The van der Waals surface area contributed by atoms with E-state index < -0.39 is 5.82 Å². The molecule has 0 aliphatic carbocycles. The maximum atomic E-state index is 13.5. The average Bonchev–Trinajstić information content (AvgIpc) is 2.92. The Hall–Kier alpha value is -1.10. The molecule has 1 aromatic carbocycles. The Balaban J connectivity index is 1.85. The molecule has 1 heterocycles. The first-order chi connectivity index (χ1) is 9.58. The summed E-state index contributed by atoms with van der Waals surface area (Å²) >= 11 is 11.8. The van der Waals surface area contributed by atoms with Crippen molar-refractivity contribution >= 4 is 23.2 Å². The predicted octanol–water partition coefficient (Wildman–Crippen LogP) is 4.07. The van der Waals surface area contributed by atoms with Crippen molar-refractivity contribution in [2.75, 3.05) is 6.54 Å². The van der Waals surface area contributed by atoms with E-state index in [2.05, 4.69) is 10.4 Å². The van der Waals surface area contributed by atoms with Gasteiger partial charge in [-0.25, -0.2) is 4.39 Å². The van der Waals surface area contributed by atoms with E-state index in [-0.39, 0.29) is 11.1 Å². The first-order valence-corrected chi connectivity index (χ1v) is 7.19. The Bertz CT molecular complexity index is 558. The zero-order valence-corrected chi connectivity index (χ0v) is 12.6. The second kappa shape index (κ2) is 7.07. The lowest BCUT2D eigenvalue weighted by Gasteiger charge is -2.16. The van der Waals surface area contributed by atoms with Crippen LogP contribution in [-0.4, -0.2) is 16.3 Å². The van der Waals surface area contributed by atoms with Gasteiger partial charge in [-0.3, -0.25) is 4.68 Å². The van der Waals surface area contributed by atoms with E-state index in [4.69, 9.17) is 23.2 Å². The minimum atomic E-state index is -0.448.